The second kappa shape index (κ2) is 15.6. The first kappa shape index (κ1) is 34.0. The third-order valence-corrected chi connectivity index (χ3v) is 9.51. The Hall–Kier alpha value is -6.44. The molecule has 1 heterocycles. The number of fused-ring (bicyclic) bond motifs is 3. The molecule has 0 fully saturated rings. The molecule has 0 aliphatic carbocycles. The quantitative estimate of drug-likeness (QED) is 0.142. The molecule has 7 aromatic carbocycles. The van der Waals surface area contributed by atoms with Crippen molar-refractivity contribution in [3.05, 3.63) is 217 Å². The van der Waals surface area contributed by atoms with Crippen molar-refractivity contribution in [2.75, 3.05) is 0 Å². The molecule has 0 amide bonds. The van der Waals surface area contributed by atoms with Crippen LogP contribution >= 0.6 is 0 Å². The molecule has 1 heteroatoms. The fourth-order valence-corrected chi connectivity index (χ4v) is 6.91. The lowest BCUT2D eigenvalue weighted by Gasteiger charge is -2.12. The van der Waals surface area contributed by atoms with E-state index in [1.807, 2.05) is 13.8 Å². The smallest absolute Gasteiger partial charge is 0.0541 e. The maximum Gasteiger partial charge on any atom is 0.0541 e. The van der Waals surface area contributed by atoms with E-state index in [0.717, 1.165) is 33.5 Å². The van der Waals surface area contributed by atoms with E-state index < -0.39 is 0 Å². The molecule has 0 aliphatic heterocycles. The summed E-state index contributed by atoms with van der Waals surface area (Å²) in [4.78, 5) is 0. The van der Waals surface area contributed by atoms with Crippen molar-refractivity contribution in [2.45, 2.75) is 20.8 Å². The molecule has 0 saturated heterocycles. The van der Waals surface area contributed by atoms with Crippen LogP contribution in [0.25, 0.3) is 66.5 Å². The summed E-state index contributed by atoms with van der Waals surface area (Å²) in [5.41, 5.74) is 15.0. The zero-order valence-electron chi connectivity index (χ0n) is 30.1. The van der Waals surface area contributed by atoms with Gasteiger partial charge in [-0.05, 0) is 99.0 Å². The van der Waals surface area contributed by atoms with Crippen LogP contribution in [0.1, 0.15) is 37.5 Å². The van der Waals surface area contributed by atoms with Crippen LogP contribution in [0.4, 0.5) is 0 Å². The van der Waals surface area contributed by atoms with Gasteiger partial charge in [0.1, 0.15) is 0 Å². The predicted molar refractivity (Wildman–Crippen MR) is 227 cm³/mol. The standard InChI is InChI=1S/C49H37N.C2H6/c1-35(37-15-5-3-6-16-37)31-44(40-29-27-39(28-30-40)38-17-7-4-8-18-38)32-36(2)41-19-13-20-42(33-41)43-21-14-22-45(34-43)50-48-25-11-9-23-46(48)47-24-10-12-26-49(47)50;1-2/h3-34H,2H2,1H3;1-2H3/b35-31+,44-32+;. The molecule has 8 aromatic rings. The number of allylic oxidation sites excluding steroid dienone is 5. The normalized spacial score (nSPS) is 11.7. The van der Waals surface area contributed by atoms with Crippen molar-refractivity contribution in [2.24, 2.45) is 0 Å². The molecule has 0 unspecified atom stereocenters. The van der Waals surface area contributed by atoms with Gasteiger partial charge in [-0.3, -0.25) is 0 Å². The number of rotatable bonds is 8. The summed E-state index contributed by atoms with van der Waals surface area (Å²) in [6.45, 7) is 10.8. The van der Waals surface area contributed by atoms with Crippen LogP contribution < -0.4 is 0 Å². The van der Waals surface area contributed by atoms with Gasteiger partial charge >= 0.3 is 0 Å². The third kappa shape index (κ3) is 7.08. The Bertz CT molecular complexity index is 2470. The van der Waals surface area contributed by atoms with E-state index in [9.17, 15) is 0 Å². The van der Waals surface area contributed by atoms with Gasteiger partial charge in [0.2, 0.25) is 0 Å². The second-order valence-electron chi connectivity index (χ2n) is 12.8. The molecule has 252 valence electrons. The van der Waals surface area contributed by atoms with E-state index in [4.69, 9.17) is 0 Å². The maximum atomic E-state index is 4.59. The Morgan fingerprint density at radius 3 is 1.60 bits per heavy atom. The molecule has 0 bridgehead atoms. The van der Waals surface area contributed by atoms with Gasteiger partial charge in [-0.25, -0.2) is 0 Å². The molecular formula is C51H43N. The number of hydrogen-bond donors (Lipinski definition) is 0. The lowest BCUT2D eigenvalue weighted by Crippen LogP contribution is -1.94. The highest BCUT2D eigenvalue weighted by atomic mass is 15.0. The highest BCUT2D eigenvalue weighted by Crippen LogP contribution is 2.34. The molecule has 8 rings (SSSR count). The van der Waals surface area contributed by atoms with Crippen molar-refractivity contribution in [3.63, 3.8) is 0 Å². The number of hydrogen-bond acceptors (Lipinski definition) is 0. The molecule has 0 N–H and O–H groups in total. The first-order valence-corrected chi connectivity index (χ1v) is 18.1. The van der Waals surface area contributed by atoms with Gasteiger partial charge in [0.05, 0.1) is 11.0 Å². The van der Waals surface area contributed by atoms with Crippen LogP contribution in [0.5, 0.6) is 0 Å². The highest BCUT2D eigenvalue weighted by molar-refractivity contribution is 6.09. The number of nitrogens with zero attached hydrogens (tertiary/aromatic N) is 1. The molecule has 0 aliphatic rings. The van der Waals surface area contributed by atoms with Crippen LogP contribution in [0.3, 0.4) is 0 Å². The predicted octanol–water partition coefficient (Wildman–Crippen LogP) is 14.3. The lowest BCUT2D eigenvalue weighted by atomic mass is 9.94. The molecule has 0 saturated carbocycles. The van der Waals surface area contributed by atoms with E-state index in [0.29, 0.717) is 0 Å². The van der Waals surface area contributed by atoms with E-state index >= 15 is 0 Å². The topological polar surface area (TPSA) is 4.93 Å². The molecule has 0 radical (unpaired) electrons. The minimum absolute atomic E-state index is 0.963. The second-order valence-corrected chi connectivity index (χ2v) is 12.8. The molecule has 1 nitrogen and oxygen atoms in total. The largest absolute Gasteiger partial charge is 0.309 e. The average molecular weight is 670 g/mol. The highest BCUT2D eigenvalue weighted by Gasteiger charge is 2.13. The lowest BCUT2D eigenvalue weighted by molar-refractivity contribution is 1.18. The molecular weight excluding hydrogens is 627 g/mol. The minimum atomic E-state index is 0.963. The number of benzene rings is 7. The molecule has 52 heavy (non-hydrogen) atoms. The summed E-state index contributed by atoms with van der Waals surface area (Å²) in [6.07, 6.45) is 4.49. The van der Waals surface area contributed by atoms with E-state index in [1.54, 1.807) is 0 Å². The van der Waals surface area contributed by atoms with Gasteiger partial charge in [-0.15, -0.1) is 0 Å². The Morgan fingerprint density at radius 1 is 0.442 bits per heavy atom. The van der Waals surface area contributed by atoms with Crippen LogP contribution in [-0.2, 0) is 0 Å². The van der Waals surface area contributed by atoms with Gasteiger partial charge in [0.25, 0.3) is 0 Å². The van der Waals surface area contributed by atoms with Crippen LogP contribution in [-0.4, -0.2) is 4.57 Å². The molecule has 0 atom stereocenters. The Balaban J connectivity index is 0.00000207. The maximum absolute atomic E-state index is 4.59. The van der Waals surface area contributed by atoms with Gasteiger partial charge in [0, 0.05) is 16.5 Å². The Labute approximate surface area is 308 Å². The average Bonchev–Trinajstić information content (AvgIpc) is 3.56. The molecule has 1 aromatic heterocycles. The summed E-state index contributed by atoms with van der Waals surface area (Å²) < 4.78 is 2.37. The zero-order chi connectivity index (χ0) is 35.9. The van der Waals surface area contributed by atoms with E-state index in [2.05, 4.69) is 212 Å². The van der Waals surface area contributed by atoms with Gasteiger partial charge < -0.3 is 4.57 Å². The Kier molecular flexibility index (Phi) is 10.2. The van der Waals surface area contributed by atoms with Gasteiger partial charge in [-0.1, -0.05) is 178 Å². The van der Waals surface area contributed by atoms with Crippen molar-refractivity contribution in [3.8, 4) is 27.9 Å². The van der Waals surface area contributed by atoms with Gasteiger partial charge in [0.15, 0.2) is 0 Å². The summed E-state index contributed by atoms with van der Waals surface area (Å²) >= 11 is 0. The fraction of sp³-hybridized carbons (Fsp3) is 0.0588. The van der Waals surface area contributed by atoms with Crippen LogP contribution in [0.15, 0.2) is 201 Å². The van der Waals surface area contributed by atoms with Crippen molar-refractivity contribution >= 4 is 38.5 Å². The number of para-hydroxylation sites is 2. The van der Waals surface area contributed by atoms with Crippen molar-refractivity contribution < 1.29 is 0 Å². The van der Waals surface area contributed by atoms with Crippen molar-refractivity contribution in [1.82, 2.24) is 4.57 Å². The SMILES string of the molecule is C=C(/C=C(\C=C(/C)c1ccccc1)c1ccc(-c2ccccc2)cc1)c1cccc(-c2cccc(-n3c4ccccc4c4ccccc43)c2)c1.CC. The third-order valence-electron chi connectivity index (χ3n) is 9.51. The Morgan fingerprint density at radius 2 is 0.942 bits per heavy atom. The first-order valence-electron chi connectivity index (χ1n) is 18.1. The first-order chi connectivity index (χ1) is 25.6. The zero-order valence-corrected chi connectivity index (χ0v) is 30.1. The van der Waals surface area contributed by atoms with E-state index in [1.165, 1.54) is 49.6 Å². The summed E-state index contributed by atoms with van der Waals surface area (Å²) in [7, 11) is 0. The minimum Gasteiger partial charge on any atom is -0.309 e. The van der Waals surface area contributed by atoms with Crippen LogP contribution in [0.2, 0.25) is 0 Å². The van der Waals surface area contributed by atoms with Crippen LogP contribution in [0, 0.1) is 0 Å². The number of aromatic nitrogens is 1. The fourth-order valence-electron chi connectivity index (χ4n) is 6.91. The van der Waals surface area contributed by atoms with Gasteiger partial charge in [-0.2, -0.15) is 0 Å². The van der Waals surface area contributed by atoms with Crippen molar-refractivity contribution in [1.29, 1.82) is 0 Å². The molecule has 0 spiro atoms. The summed E-state index contributed by atoms with van der Waals surface area (Å²) in [6, 6.07) is 64.8. The monoisotopic (exact) mass is 669 g/mol. The van der Waals surface area contributed by atoms with E-state index in [-0.39, 0.29) is 0 Å². The summed E-state index contributed by atoms with van der Waals surface area (Å²) in [5, 5.41) is 2.53. The summed E-state index contributed by atoms with van der Waals surface area (Å²) in [5.74, 6) is 0.